The summed E-state index contributed by atoms with van der Waals surface area (Å²) >= 11 is 6.38. The highest BCUT2D eigenvalue weighted by molar-refractivity contribution is 6.30. The van der Waals surface area contributed by atoms with E-state index in [1.807, 2.05) is 12.1 Å². The second-order valence-corrected chi connectivity index (χ2v) is 12.3. The van der Waals surface area contributed by atoms with E-state index in [1.165, 1.54) is 55.6 Å². The molecular formula is C43H28ClN. The molecule has 0 bridgehead atoms. The molecule has 45 heavy (non-hydrogen) atoms. The van der Waals surface area contributed by atoms with Crippen LogP contribution in [0.5, 0.6) is 0 Å². The first-order valence-corrected chi connectivity index (χ1v) is 15.8. The zero-order valence-corrected chi connectivity index (χ0v) is 25.2. The Bertz CT molecular complexity index is 2150. The predicted octanol–water partition coefficient (Wildman–Crippen LogP) is 11.8. The van der Waals surface area contributed by atoms with Crippen molar-refractivity contribution < 1.29 is 0 Å². The molecule has 0 atom stereocenters. The Morgan fingerprint density at radius 2 is 0.778 bits per heavy atom. The van der Waals surface area contributed by atoms with Crippen LogP contribution in [0.2, 0.25) is 5.02 Å². The Kier molecular flexibility index (Phi) is 5.84. The SMILES string of the molecule is Clc1ccc(N(c2ccc(-c3ccccc3)cc2)c2ccc3c(c2)C2(c4ccccc4-c4ccccc42)c2ccccc2-3)cc1. The molecule has 9 rings (SSSR count). The van der Waals surface area contributed by atoms with E-state index in [-0.39, 0.29) is 0 Å². The van der Waals surface area contributed by atoms with Crippen LogP contribution in [0, 0.1) is 0 Å². The first kappa shape index (κ1) is 26.1. The van der Waals surface area contributed by atoms with Gasteiger partial charge in [-0.25, -0.2) is 0 Å². The van der Waals surface area contributed by atoms with Crippen LogP contribution in [0.25, 0.3) is 33.4 Å². The van der Waals surface area contributed by atoms with Crippen LogP contribution in [-0.4, -0.2) is 0 Å². The van der Waals surface area contributed by atoms with Gasteiger partial charge in [0.2, 0.25) is 0 Å². The first-order valence-electron chi connectivity index (χ1n) is 15.4. The van der Waals surface area contributed by atoms with Crippen LogP contribution >= 0.6 is 11.6 Å². The van der Waals surface area contributed by atoms with Gasteiger partial charge < -0.3 is 4.90 Å². The van der Waals surface area contributed by atoms with Gasteiger partial charge in [-0.3, -0.25) is 0 Å². The third kappa shape index (κ3) is 3.81. The lowest BCUT2D eigenvalue weighted by Crippen LogP contribution is -2.26. The minimum atomic E-state index is -0.391. The molecule has 2 heteroatoms. The molecule has 0 saturated carbocycles. The van der Waals surface area contributed by atoms with Crippen LogP contribution in [0.15, 0.2) is 170 Å². The summed E-state index contributed by atoms with van der Waals surface area (Å²) in [5.41, 5.74) is 15.8. The van der Waals surface area contributed by atoms with Crippen molar-refractivity contribution in [2.75, 3.05) is 4.90 Å². The third-order valence-corrected chi connectivity index (χ3v) is 9.81. The molecule has 7 aromatic carbocycles. The Balaban J connectivity index is 1.28. The van der Waals surface area contributed by atoms with Crippen LogP contribution < -0.4 is 4.90 Å². The molecular weight excluding hydrogens is 566 g/mol. The quantitative estimate of drug-likeness (QED) is 0.196. The number of rotatable bonds is 4. The molecule has 0 N–H and O–H groups in total. The Morgan fingerprint density at radius 1 is 0.356 bits per heavy atom. The normalized spacial score (nSPS) is 13.2. The van der Waals surface area contributed by atoms with Crippen molar-refractivity contribution in [2.45, 2.75) is 5.41 Å². The maximum absolute atomic E-state index is 6.38. The molecule has 0 heterocycles. The number of halogens is 1. The highest BCUT2D eigenvalue weighted by Gasteiger charge is 2.51. The van der Waals surface area contributed by atoms with Gasteiger partial charge in [-0.15, -0.1) is 0 Å². The van der Waals surface area contributed by atoms with Gasteiger partial charge in [-0.2, -0.15) is 0 Å². The number of nitrogens with zero attached hydrogens (tertiary/aromatic N) is 1. The predicted molar refractivity (Wildman–Crippen MR) is 188 cm³/mol. The Morgan fingerprint density at radius 3 is 1.33 bits per heavy atom. The van der Waals surface area contributed by atoms with Gasteiger partial charge in [0.25, 0.3) is 0 Å². The third-order valence-electron chi connectivity index (χ3n) is 9.56. The van der Waals surface area contributed by atoms with E-state index < -0.39 is 5.41 Å². The maximum Gasteiger partial charge on any atom is 0.0726 e. The average Bonchev–Trinajstić information content (AvgIpc) is 3.57. The summed E-state index contributed by atoms with van der Waals surface area (Å²) in [6, 6.07) is 61.4. The summed E-state index contributed by atoms with van der Waals surface area (Å²) in [7, 11) is 0. The molecule has 0 unspecified atom stereocenters. The number of hydrogen-bond acceptors (Lipinski definition) is 1. The molecule has 0 saturated heterocycles. The van der Waals surface area contributed by atoms with Crippen molar-refractivity contribution in [2.24, 2.45) is 0 Å². The summed E-state index contributed by atoms with van der Waals surface area (Å²) in [5, 5.41) is 0.723. The molecule has 0 fully saturated rings. The van der Waals surface area contributed by atoms with E-state index in [0.29, 0.717) is 0 Å². The van der Waals surface area contributed by atoms with E-state index >= 15 is 0 Å². The molecule has 1 spiro atoms. The molecule has 2 aliphatic carbocycles. The molecule has 1 nitrogen and oxygen atoms in total. The summed E-state index contributed by atoms with van der Waals surface area (Å²) in [5.74, 6) is 0. The average molecular weight is 594 g/mol. The molecule has 0 amide bonds. The number of anilines is 3. The Hall–Kier alpha value is -5.37. The van der Waals surface area contributed by atoms with Crippen LogP contribution in [-0.2, 0) is 5.41 Å². The minimum absolute atomic E-state index is 0.391. The second-order valence-electron chi connectivity index (χ2n) is 11.8. The van der Waals surface area contributed by atoms with Gasteiger partial charge in [0, 0.05) is 22.1 Å². The lowest BCUT2D eigenvalue weighted by Gasteiger charge is -2.32. The highest BCUT2D eigenvalue weighted by atomic mass is 35.5. The van der Waals surface area contributed by atoms with Crippen molar-refractivity contribution in [1.29, 1.82) is 0 Å². The van der Waals surface area contributed by atoms with Crippen molar-refractivity contribution in [3.63, 3.8) is 0 Å². The molecule has 0 aliphatic heterocycles. The monoisotopic (exact) mass is 593 g/mol. The van der Waals surface area contributed by atoms with Gasteiger partial charge in [-0.1, -0.05) is 133 Å². The zero-order chi connectivity index (χ0) is 30.0. The lowest BCUT2D eigenvalue weighted by atomic mass is 9.70. The van der Waals surface area contributed by atoms with E-state index in [4.69, 9.17) is 11.6 Å². The van der Waals surface area contributed by atoms with Gasteiger partial charge >= 0.3 is 0 Å². The van der Waals surface area contributed by atoms with E-state index in [9.17, 15) is 0 Å². The highest BCUT2D eigenvalue weighted by Crippen LogP contribution is 2.63. The van der Waals surface area contributed by atoms with Gasteiger partial charge in [0.15, 0.2) is 0 Å². The standard InChI is InChI=1S/C43H28ClN/c44-31-20-24-33(25-21-31)45(32-22-18-30(19-23-32)29-10-2-1-3-11-29)34-26-27-38-37-14-6-9-17-41(37)43(42(38)28-34)39-15-7-4-12-35(39)36-13-5-8-16-40(36)43/h1-28H. The lowest BCUT2D eigenvalue weighted by molar-refractivity contribution is 0.793. The second kappa shape index (κ2) is 10.1. The number of hydrogen-bond donors (Lipinski definition) is 0. The van der Waals surface area contributed by atoms with E-state index in [0.717, 1.165) is 22.1 Å². The molecule has 7 aromatic rings. The molecule has 2 aliphatic rings. The molecule has 0 aromatic heterocycles. The summed E-state index contributed by atoms with van der Waals surface area (Å²) in [4.78, 5) is 2.34. The summed E-state index contributed by atoms with van der Waals surface area (Å²) in [6.07, 6.45) is 0. The fourth-order valence-corrected chi connectivity index (χ4v) is 7.82. The van der Waals surface area contributed by atoms with E-state index in [2.05, 4.69) is 163 Å². The zero-order valence-electron chi connectivity index (χ0n) is 24.5. The fraction of sp³-hybridized carbons (Fsp3) is 0.0233. The molecule has 212 valence electrons. The smallest absolute Gasteiger partial charge is 0.0726 e. The Labute approximate surface area is 268 Å². The van der Waals surface area contributed by atoms with Crippen LogP contribution in [0.3, 0.4) is 0 Å². The van der Waals surface area contributed by atoms with Crippen molar-refractivity contribution in [3.05, 3.63) is 197 Å². The molecule has 0 radical (unpaired) electrons. The van der Waals surface area contributed by atoms with Gasteiger partial charge in [0.1, 0.15) is 0 Å². The van der Waals surface area contributed by atoms with Crippen molar-refractivity contribution in [3.8, 4) is 33.4 Å². The topological polar surface area (TPSA) is 3.24 Å². The number of fused-ring (bicyclic) bond motifs is 10. The van der Waals surface area contributed by atoms with Crippen molar-refractivity contribution >= 4 is 28.7 Å². The summed E-state index contributed by atoms with van der Waals surface area (Å²) < 4.78 is 0. The largest absolute Gasteiger partial charge is 0.310 e. The summed E-state index contributed by atoms with van der Waals surface area (Å²) in [6.45, 7) is 0. The van der Waals surface area contributed by atoms with Gasteiger partial charge in [-0.05, 0) is 104 Å². The fourth-order valence-electron chi connectivity index (χ4n) is 7.69. The van der Waals surface area contributed by atoms with Crippen LogP contribution in [0.1, 0.15) is 22.3 Å². The van der Waals surface area contributed by atoms with E-state index in [1.54, 1.807) is 0 Å². The maximum atomic E-state index is 6.38. The minimum Gasteiger partial charge on any atom is -0.310 e. The van der Waals surface area contributed by atoms with Crippen LogP contribution in [0.4, 0.5) is 17.1 Å². The first-order chi connectivity index (χ1) is 22.2. The van der Waals surface area contributed by atoms with Gasteiger partial charge in [0.05, 0.1) is 5.41 Å². The number of benzene rings is 7. The van der Waals surface area contributed by atoms with Crippen molar-refractivity contribution in [1.82, 2.24) is 0 Å².